The Morgan fingerprint density at radius 2 is 1.88 bits per heavy atom. The monoisotopic (exact) mass is 221 g/mol. The van der Waals surface area contributed by atoms with Gasteiger partial charge >= 0.3 is 0 Å². The fraction of sp³-hybridized carbons (Fsp3) is 0.571. The molecule has 0 aliphatic rings. The number of benzene rings is 1. The molecule has 1 atom stereocenters. The number of nitrogens with one attached hydrogen (secondary N) is 1. The number of rotatable bonds is 4. The third kappa shape index (κ3) is 3.32. The summed E-state index contributed by atoms with van der Waals surface area (Å²) in [5.41, 5.74) is 2.66. The average molecular weight is 221 g/mol. The van der Waals surface area contributed by atoms with Gasteiger partial charge in [0.25, 0.3) is 0 Å². The second-order valence-corrected chi connectivity index (χ2v) is 5.11. The van der Waals surface area contributed by atoms with Crippen LogP contribution in [-0.4, -0.2) is 17.7 Å². The highest BCUT2D eigenvalue weighted by atomic mass is 16.3. The van der Waals surface area contributed by atoms with Crippen LogP contribution < -0.4 is 5.32 Å². The van der Waals surface area contributed by atoms with Gasteiger partial charge in [-0.05, 0) is 37.5 Å². The molecule has 0 radical (unpaired) electrons. The molecule has 1 unspecified atom stereocenters. The number of aryl methyl sites for hydroxylation is 2. The van der Waals surface area contributed by atoms with Gasteiger partial charge in [-0.3, -0.25) is 0 Å². The van der Waals surface area contributed by atoms with Crippen LogP contribution in [0, 0.1) is 13.8 Å². The first-order valence-corrected chi connectivity index (χ1v) is 5.86. The molecular weight excluding hydrogens is 198 g/mol. The Morgan fingerprint density at radius 3 is 2.38 bits per heavy atom. The molecule has 0 fully saturated rings. The molecule has 1 aromatic carbocycles. The summed E-state index contributed by atoms with van der Waals surface area (Å²) in [5, 5.41) is 13.7. The topological polar surface area (TPSA) is 32.3 Å². The average Bonchev–Trinajstić information content (AvgIpc) is 2.19. The first kappa shape index (κ1) is 13.2. The zero-order valence-electron chi connectivity index (χ0n) is 11.0. The van der Waals surface area contributed by atoms with Gasteiger partial charge in [-0.15, -0.1) is 0 Å². The van der Waals surface area contributed by atoms with E-state index in [1.54, 1.807) is 0 Å². The Kier molecular flexibility index (Phi) is 4.11. The molecular formula is C14H23NO. The van der Waals surface area contributed by atoms with E-state index in [2.05, 4.69) is 45.1 Å². The van der Waals surface area contributed by atoms with E-state index in [1.165, 1.54) is 11.1 Å². The molecule has 1 rings (SSSR count). The van der Waals surface area contributed by atoms with Crippen molar-refractivity contribution in [3.8, 4) is 0 Å². The van der Waals surface area contributed by atoms with Crippen molar-refractivity contribution in [2.24, 2.45) is 0 Å². The maximum atomic E-state index is 10.4. The van der Waals surface area contributed by atoms with E-state index in [4.69, 9.17) is 0 Å². The maximum absolute atomic E-state index is 10.4. The Hall–Kier alpha value is -0.860. The van der Waals surface area contributed by atoms with Crippen molar-refractivity contribution in [1.82, 2.24) is 5.32 Å². The molecule has 16 heavy (non-hydrogen) atoms. The van der Waals surface area contributed by atoms with Crippen LogP contribution in [-0.2, 0) is 5.60 Å². The smallest absolute Gasteiger partial charge is 0.0992 e. The molecule has 0 aromatic heterocycles. The minimum absolute atomic E-state index is 0.387. The van der Waals surface area contributed by atoms with Crippen LogP contribution in [0.15, 0.2) is 18.2 Å². The van der Waals surface area contributed by atoms with Crippen LogP contribution in [0.5, 0.6) is 0 Å². The molecule has 1 aromatic rings. The van der Waals surface area contributed by atoms with Gasteiger partial charge in [-0.25, -0.2) is 0 Å². The van der Waals surface area contributed by atoms with E-state index < -0.39 is 5.60 Å². The first-order valence-electron chi connectivity index (χ1n) is 5.86. The predicted octanol–water partition coefficient (Wildman–Crippen LogP) is 2.51. The standard InChI is InChI=1S/C14H23NO/c1-10(2)15-9-14(5,16)13-7-6-11(3)12(4)8-13/h6-8,10,15-16H,9H2,1-5H3. The van der Waals surface area contributed by atoms with Crippen molar-refractivity contribution in [3.63, 3.8) is 0 Å². The molecule has 0 saturated carbocycles. The Bertz CT molecular complexity index is 356. The fourth-order valence-corrected chi connectivity index (χ4v) is 1.58. The normalized spacial score (nSPS) is 15.2. The van der Waals surface area contributed by atoms with Crippen LogP contribution in [0.4, 0.5) is 0 Å². The van der Waals surface area contributed by atoms with E-state index in [9.17, 15) is 5.11 Å². The molecule has 2 N–H and O–H groups in total. The summed E-state index contributed by atoms with van der Waals surface area (Å²) < 4.78 is 0. The number of hydrogen-bond donors (Lipinski definition) is 2. The molecule has 2 heteroatoms. The van der Waals surface area contributed by atoms with Gasteiger partial charge in [0.05, 0.1) is 5.60 Å². The van der Waals surface area contributed by atoms with Gasteiger partial charge in [0.1, 0.15) is 0 Å². The van der Waals surface area contributed by atoms with E-state index in [-0.39, 0.29) is 0 Å². The second kappa shape index (κ2) is 4.98. The Morgan fingerprint density at radius 1 is 1.25 bits per heavy atom. The van der Waals surface area contributed by atoms with E-state index in [0.717, 1.165) is 5.56 Å². The molecule has 90 valence electrons. The lowest BCUT2D eigenvalue weighted by atomic mass is 9.93. The summed E-state index contributed by atoms with van der Waals surface area (Å²) in [6, 6.07) is 6.52. The minimum Gasteiger partial charge on any atom is -0.384 e. The SMILES string of the molecule is Cc1ccc(C(C)(O)CNC(C)C)cc1C. The third-order valence-electron chi connectivity index (χ3n) is 2.98. The largest absolute Gasteiger partial charge is 0.384 e. The van der Waals surface area contributed by atoms with Crippen molar-refractivity contribution in [2.75, 3.05) is 6.54 Å². The molecule has 0 spiro atoms. The quantitative estimate of drug-likeness (QED) is 0.819. The van der Waals surface area contributed by atoms with Gasteiger partial charge < -0.3 is 10.4 Å². The second-order valence-electron chi connectivity index (χ2n) is 5.11. The molecule has 0 aliphatic carbocycles. The summed E-state index contributed by atoms with van der Waals surface area (Å²) in [4.78, 5) is 0. The third-order valence-corrected chi connectivity index (χ3v) is 2.98. The van der Waals surface area contributed by atoms with Crippen molar-refractivity contribution < 1.29 is 5.11 Å². The lowest BCUT2D eigenvalue weighted by Gasteiger charge is -2.26. The van der Waals surface area contributed by atoms with Crippen molar-refractivity contribution in [1.29, 1.82) is 0 Å². The summed E-state index contributed by atoms with van der Waals surface area (Å²) in [7, 11) is 0. The van der Waals surface area contributed by atoms with Gasteiger partial charge in [-0.1, -0.05) is 32.0 Å². The van der Waals surface area contributed by atoms with Crippen LogP contribution in [0.25, 0.3) is 0 Å². The highest BCUT2D eigenvalue weighted by molar-refractivity contribution is 5.33. The summed E-state index contributed by atoms with van der Waals surface area (Å²) in [5.74, 6) is 0. The van der Waals surface area contributed by atoms with Gasteiger partial charge in [0.15, 0.2) is 0 Å². The van der Waals surface area contributed by atoms with Crippen LogP contribution in [0.3, 0.4) is 0 Å². The van der Waals surface area contributed by atoms with E-state index in [0.29, 0.717) is 12.6 Å². The van der Waals surface area contributed by atoms with Gasteiger partial charge in [0.2, 0.25) is 0 Å². The van der Waals surface area contributed by atoms with Gasteiger partial charge in [-0.2, -0.15) is 0 Å². The highest BCUT2D eigenvalue weighted by Gasteiger charge is 2.23. The summed E-state index contributed by atoms with van der Waals surface area (Å²) in [6.45, 7) is 10.7. The zero-order chi connectivity index (χ0) is 12.3. The van der Waals surface area contributed by atoms with Crippen LogP contribution >= 0.6 is 0 Å². The zero-order valence-corrected chi connectivity index (χ0v) is 11.0. The van der Waals surface area contributed by atoms with Crippen LogP contribution in [0.2, 0.25) is 0 Å². The maximum Gasteiger partial charge on any atom is 0.0992 e. The molecule has 0 amide bonds. The minimum atomic E-state index is -0.803. The molecule has 0 saturated heterocycles. The number of hydrogen-bond acceptors (Lipinski definition) is 2. The summed E-state index contributed by atoms with van der Waals surface area (Å²) in [6.07, 6.45) is 0. The van der Waals surface area contributed by atoms with Crippen molar-refractivity contribution >= 4 is 0 Å². The fourth-order valence-electron chi connectivity index (χ4n) is 1.58. The Labute approximate surface area is 98.7 Å². The molecule has 0 aliphatic heterocycles. The molecule has 0 bridgehead atoms. The number of aliphatic hydroxyl groups is 1. The lowest BCUT2D eigenvalue weighted by molar-refractivity contribution is 0.0549. The van der Waals surface area contributed by atoms with E-state index in [1.807, 2.05) is 13.0 Å². The van der Waals surface area contributed by atoms with Crippen LogP contribution in [0.1, 0.15) is 37.5 Å². The first-order chi connectivity index (χ1) is 7.33. The van der Waals surface area contributed by atoms with Crippen molar-refractivity contribution in [3.05, 3.63) is 34.9 Å². The lowest BCUT2D eigenvalue weighted by Crippen LogP contribution is -2.38. The summed E-state index contributed by atoms with van der Waals surface area (Å²) >= 11 is 0. The van der Waals surface area contributed by atoms with Crippen molar-refractivity contribution in [2.45, 2.75) is 46.3 Å². The predicted molar refractivity (Wildman–Crippen MR) is 68.6 cm³/mol. The van der Waals surface area contributed by atoms with E-state index >= 15 is 0 Å². The Balaban J connectivity index is 2.84. The highest BCUT2D eigenvalue weighted by Crippen LogP contribution is 2.22. The molecule has 0 heterocycles. The van der Waals surface area contributed by atoms with Gasteiger partial charge in [0, 0.05) is 12.6 Å². The molecule has 2 nitrogen and oxygen atoms in total.